The number of methoxy groups -OCH3 is 1. The molecule has 17 heavy (non-hydrogen) atoms. The first-order valence-electron chi connectivity index (χ1n) is 5.41. The molecule has 1 aromatic rings. The molecule has 0 atom stereocenters. The average molecular weight is 258 g/mol. The van der Waals surface area contributed by atoms with Crippen LogP contribution in [-0.2, 0) is 16.1 Å². The molecule has 0 spiro atoms. The molecule has 1 aromatic heterocycles. The molecular formula is C11H16ClN3O2. The molecule has 0 N–H and O–H groups in total. The van der Waals surface area contributed by atoms with E-state index in [4.69, 9.17) is 11.6 Å². The lowest BCUT2D eigenvalue weighted by molar-refractivity contribution is -0.142. The van der Waals surface area contributed by atoms with Gasteiger partial charge in [-0.05, 0) is 13.0 Å². The summed E-state index contributed by atoms with van der Waals surface area (Å²) in [4.78, 5) is 21.3. The molecule has 0 aliphatic carbocycles. The molecule has 0 bridgehead atoms. The Morgan fingerprint density at radius 3 is 2.76 bits per heavy atom. The summed E-state index contributed by atoms with van der Waals surface area (Å²) < 4.78 is 4.65. The molecule has 0 radical (unpaired) electrons. The van der Waals surface area contributed by atoms with Crippen molar-refractivity contribution in [2.24, 2.45) is 0 Å². The third-order valence-corrected chi connectivity index (χ3v) is 2.37. The fraction of sp³-hybridized carbons (Fsp3) is 0.545. The summed E-state index contributed by atoms with van der Waals surface area (Å²) in [6.07, 6.45) is 4.07. The molecule has 0 aromatic carbocycles. The van der Waals surface area contributed by atoms with Crippen LogP contribution < -0.4 is 0 Å². The topological polar surface area (TPSA) is 55.3 Å². The quantitative estimate of drug-likeness (QED) is 0.723. The standard InChI is InChI=1S/C11H16ClN3O2/c1-3-4-15(8-11(16)17-2)7-9-5-14-10(12)6-13-9/h5-6H,3-4,7-8H2,1-2H3. The fourth-order valence-electron chi connectivity index (χ4n) is 1.43. The summed E-state index contributed by atoms with van der Waals surface area (Å²) in [6.45, 7) is 3.68. The third kappa shape index (κ3) is 5.10. The van der Waals surface area contributed by atoms with Crippen LogP contribution in [0, 0.1) is 0 Å². The number of rotatable bonds is 6. The van der Waals surface area contributed by atoms with Gasteiger partial charge in [-0.1, -0.05) is 18.5 Å². The van der Waals surface area contributed by atoms with Gasteiger partial charge >= 0.3 is 5.97 Å². The molecular weight excluding hydrogens is 242 g/mol. The van der Waals surface area contributed by atoms with Gasteiger partial charge in [0, 0.05) is 6.54 Å². The lowest BCUT2D eigenvalue weighted by atomic mass is 10.3. The number of carbonyl (C=O) groups excluding carboxylic acids is 1. The van der Waals surface area contributed by atoms with Gasteiger partial charge in [0.05, 0.1) is 31.7 Å². The van der Waals surface area contributed by atoms with Crippen LogP contribution in [0.1, 0.15) is 19.0 Å². The van der Waals surface area contributed by atoms with Gasteiger partial charge in [-0.3, -0.25) is 14.7 Å². The Labute approximate surface area is 106 Å². The lowest BCUT2D eigenvalue weighted by Gasteiger charge is -2.19. The van der Waals surface area contributed by atoms with E-state index in [0.717, 1.165) is 18.7 Å². The predicted octanol–water partition coefficient (Wildman–Crippen LogP) is 1.51. The van der Waals surface area contributed by atoms with E-state index >= 15 is 0 Å². The number of esters is 1. The van der Waals surface area contributed by atoms with Crippen molar-refractivity contribution in [1.29, 1.82) is 0 Å². The molecule has 6 heteroatoms. The van der Waals surface area contributed by atoms with Crippen LogP contribution in [0.4, 0.5) is 0 Å². The van der Waals surface area contributed by atoms with Crippen molar-refractivity contribution >= 4 is 17.6 Å². The first-order valence-corrected chi connectivity index (χ1v) is 5.79. The normalized spacial score (nSPS) is 10.6. The molecule has 0 unspecified atom stereocenters. The minimum absolute atomic E-state index is 0.250. The van der Waals surface area contributed by atoms with Crippen molar-refractivity contribution in [3.05, 3.63) is 23.2 Å². The van der Waals surface area contributed by atoms with Crippen LogP contribution in [0.15, 0.2) is 12.4 Å². The second-order valence-corrected chi connectivity index (χ2v) is 4.00. The van der Waals surface area contributed by atoms with Gasteiger partial charge in [0.1, 0.15) is 5.15 Å². The largest absolute Gasteiger partial charge is 0.468 e. The van der Waals surface area contributed by atoms with E-state index in [1.807, 2.05) is 4.90 Å². The Bertz CT molecular complexity index is 356. The second kappa shape index (κ2) is 7.19. The van der Waals surface area contributed by atoms with Gasteiger partial charge in [-0.2, -0.15) is 0 Å². The van der Waals surface area contributed by atoms with Gasteiger partial charge < -0.3 is 4.74 Å². The summed E-state index contributed by atoms with van der Waals surface area (Å²) in [6, 6.07) is 0. The van der Waals surface area contributed by atoms with Crippen molar-refractivity contribution in [2.45, 2.75) is 19.9 Å². The molecule has 1 rings (SSSR count). The Morgan fingerprint density at radius 2 is 2.24 bits per heavy atom. The zero-order chi connectivity index (χ0) is 12.7. The van der Waals surface area contributed by atoms with Crippen molar-refractivity contribution in [2.75, 3.05) is 20.2 Å². The van der Waals surface area contributed by atoms with E-state index in [1.54, 1.807) is 6.20 Å². The Morgan fingerprint density at radius 1 is 1.47 bits per heavy atom. The molecule has 0 fully saturated rings. The molecule has 0 aliphatic rings. The smallest absolute Gasteiger partial charge is 0.319 e. The number of ether oxygens (including phenoxy) is 1. The zero-order valence-electron chi connectivity index (χ0n) is 10.0. The number of nitrogens with zero attached hydrogens (tertiary/aromatic N) is 3. The molecule has 0 amide bonds. The maximum atomic E-state index is 11.2. The second-order valence-electron chi connectivity index (χ2n) is 3.62. The molecule has 5 nitrogen and oxygen atoms in total. The van der Waals surface area contributed by atoms with E-state index in [0.29, 0.717) is 11.7 Å². The third-order valence-electron chi connectivity index (χ3n) is 2.18. The van der Waals surface area contributed by atoms with E-state index < -0.39 is 0 Å². The summed E-state index contributed by atoms with van der Waals surface area (Å²) >= 11 is 5.65. The van der Waals surface area contributed by atoms with Gasteiger partial charge in [0.25, 0.3) is 0 Å². The van der Waals surface area contributed by atoms with E-state index in [1.165, 1.54) is 13.3 Å². The van der Waals surface area contributed by atoms with Crippen molar-refractivity contribution < 1.29 is 9.53 Å². The average Bonchev–Trinajstić information content (AvgIpc) is 2.32. The first kappa shape index (κ1) is 13.9. The summed E-state index contributed by atoms with van der Waals surface area (Å²) in [5.74, 6) is -0.250. The SMILES string of the molecule is CCCN(CC(=O)OC)Cc1cnc(Cl)cn1. The number of carbonyl (C=O) groups is 1. The van der Waals surface area contributed by atoms with Gasteiger partial charge in [0.15, 0.2) is 0 Å². The lowest BCUT2D eigenvalue weighted by Crippen LogP contribution is -2.31. The van der Waals surface area contributed by atoms with E-state index in [2.05, 4.69) is 21.6 Å². The molecule has 0 saturated carbocycles. The van der Waals surface area contributed by atoms with Crippen LogP contribution in [-0.4, -0.2) is 41.0 Å². The maximum absolute atomic E-state index is 11.2. The maximum Gasteiger partial charge on any atom is 0.319 e. The number of halogens is 1. The summed E-state index contributed by atoms with van der Waals surface area (Å²) in [5.41, 5.74) is 0.784. The fourth-order valence-corrected chi connectivity index (χ4v) is 1.52. The summed E-state index contributed by atoms with van der Waals surface area (Å²) in [5, 5.41) is 0.365. The van der Waals surface area contributed by atoms with E-state index in [-0.39, 0.29) is 12.5 Å². The van der Waals surface area contributed by atoms with Crippen molar-refractivity contribution in [3.8, 4) is 0 Å². The zero-order valence-corrected chi connectivity index (χ0v) is 10.8. The van der Waals surface area contributed by atoms with Crippen molar-refractivity contribution in [3.63, 3.8) is 0 Å². The highest BCUT2D eigenvalue weighted by molar-refractivity contribution is 6.29. The number of aromatic nitrogens is 2. The van der Waals surface area contributed by atoms with Crippen LogP contribution in [0.2, 0.25) is 5.15 Å². The highest BCUT2D eigenvalue weighted by Crippen LogP contribution is 2.05. The number of hydrogen-bond acceptors (Lipinski definition) is 5. The van der Waals surface area contributed by atoms with Crippen LogP contribution in [0.5, 0.6) is 0 Å². The highest BCUT2D eigenvalue weighted by atomic mass is 35.5. The van der Waals surface area contributed by atoms with Gasteiger partial charge in [-0.15, -0.1) is 0 Å². The minimum Gasteiger partial charge on any atom is -0.468 e. The Hall–Kier alpha value is -1.20. The summed E-state index contributed by atoms with van der Waals surface area (Å²) in [7, 11) is 1.38. The Balaban J connectivity index is 2.59. The van der Waals surface area contributed by atoms with E-state index in [9.17, 15) is 4.79 Å². The van der Waals surface area contributed by atoms with Crippen LogP contribution in [0.25, 0.3) is 0 Å². The number of hydrogen-bond donors (Lipinski definition) is 0. The minimum atomic E-state index is -0.250. The van der Waals surface area contributed by atoms with Gasteiger partial charge in [0.2, 0.25) is 0 Å². The van der Waals surface area contributed by atoms with Crippen LogP contribution in [0.3, 0.4) is 0 Å². The highest BCUT2D eigenvalue weighted by Gasteiger charge is 2.11. The van der Waals surface area contributed by atoms with Crippen LogP contribution >= 0.6 is 11.6 Å². The predicted molar refractivity (Wildman–Crippen MR) is 64.6 cm³/mol. The molecule has 94 valence electrons. The molecule has 0 saturated heterocycles. The molecule has 1 heterocycles. The first-order chi connectivity index (χ1) is 8.15. The molecule has 0 aliphatic heterocycles. The monoisotopic (exact) mass is 257 g/mol. The Kier molecular flexibility index (Phi) is 5.86. The van der Waals surface area contributed by atoms with Crippen molar-refractivity contribution in [1.82, 2.24) is 14.9 Å². The van der Waals surface area contributed by atoms with Gasteiger partial charge in [-0.25, -0.2) is 4.98 Å².